The number of piperidine rings is 1. The van der Waals surface area contributed by atoms with Gasteiger partial charge in [0.2, 0.25) is 5.91 Å². The number of amides is 1. The maximum Gasteiger partial charge on any atom is 0.244 e. The van der Waals surface area contributed by atoms with Gasteiger partial charge in [0.25, 0.3) is 0 Å². The van der Waals surface area contributed by atoms with E-state index in [0.29, 0.717) is 24.1 Å². The minimum absolute atomic E-state index is 0.114. The van der Waals surface area contributed by atoms with E-state index in [0.717, 1.165) is 31.7 Å². The fraction of sp³-hybridized carbons (Fsp3) is 0.632. The topological polar surface area (TPSA) is 79.6 Å². The number of sulfone groups is 1. The number of nitrogens with zero attached hydrogens (tertiary/aromatic N) is 1. The van der Waals surface area contributed by atoms with Crippen molar-refractivity contribution in [1.29, 1.82) is 0 Å². The molecule has 0 radical (unpaired) electrons. The van der Waals surface area contributed by atoms with Crippen molar-refractivity contribution in [2.75, 3.05) is 31.6 Å². The summed E-state index contributed by atoms with van der Waals surface area (Å²) in [4.78, 5) is 14.2. The number of carbonyl (C=O) groups excluding carboxylic acids is 1. The first kappa shape index (κ1) is 19.2. The lowest BCUT2D eigenvalue weighted by Crippen LogP contribution is -2.45. The molecule has 144 valence electrons. The van der Waals surface area contributed by atoms with Crippen LogP contribution < -0.4 is 5.32 Å². The number of rotatable bonds is 7. The molecule has 1 aliphatic carbocycles. The second-order valence-electron chi connectivity index (χ2n) is 7.65. The summed E-state index contributed by atoms with van der Waals surface area (Å²) in [5.41, 5.74) is 0. The second-order valence-corrected chi connectivity index (χ2v) is 9.91. The smallest absolute Gasteiger partial charge is 0.244 e. The van der Waals surface area contributed by atoms with Crippen molar-refractivity contribution < 1.29 is 17.6 Å². The molecule has 26 heavy (non-hydrogen) atoms. The van der Waals surface area contributed by atoms with Gasteiger partial charge in [-0.25, -0.2) is 8.42 Å². The van der Waals surface area contributed by atoms with Crippen LogP contribution in [0, 0.1) is 5.92 Å². The highest BCUT2D eigenvalue weighted by atomic mass is 32.2. The maximum absolute atomic E-state index is 12.1. The Bertz CT molecular complexity index is 760. The monoisotopic (exact) mass is 380 g/mol. The van der Waals surface area contributed by atoms with Gasteiger partial charge in [0.05, 0.1) is 5.75 Å². The van der Waals surface area contributed by atoms with Gasteiger partial charge in [-0.3, -0.25) is 4.79 Å². The Hall–Kier alpha value is -1.60. The van der Waals surface area contributed by atoms with Gasteiger partial charge in [-0.1, -0.05) is 6.92 Å². The molecule has 1 saturated carbocycles. The largest absolute Gasteiger partial charge is 0.461 e. The van der Waals surface area contributed by atoms with Crippen LogP contribution in [0.25, 0.3) is 6.08 Å². The van der Waals surface area contributed by atoms with Gasteiger partial charge >= 0.3 is 0 Å². The summed E-state index contributed by atoms with van der Waals surface area (Å²) in [6.07, 6.45) is 7.36. The van der Waals surface area contributed by atoms with Gasteiger partial charge in [-0.15, -0.1) is 0 Å². The van der Waals surface area contributed by atoms with Gasteiger partial charge in [0, 0.05) is 43.9 Å². The maximum atomic E-state index is 12.1. The average molecular weight is 381 g/mol. The molecule has 0 aromatic carbocycles. The molecule has 0 bridgehead atoms. The van der Waals surface area contributed by atoms with Gasteiger partial charge in [-0.2, -0.15) is 0 Å². The molecule has 3 rings (SSSR count). The van der Waals surface area contributed by atoms with Crippen molar-refractivity contribution in [3.8, 4) is 0 Å². The van der Waals surface area contributed by atoms with Gasteiger partial charge in [0.1, 0.15) is 21.4 Å². The van der Waals surface area contributed by atoms with E-state index in [1.165, 1.54) is 18.8 Å². The normalized spacial score (nSPS) is 24.8. The first-order chi connectivity index (χ1) is 12.3. The highest BCUT2D eigenvalue weighted by molar-refractivity contribution is 7.90. The van der Waals surface area contributed by atoms with Crippen LogP contribution in [-0.2, 0) is 14.6 Å². The number of likely N-dealkylation sites (tertiary alicyclic amines) is 1. The second kappa shape index (κ2) is 7.96. The molecule has 1 aromatic heterocycles. The summed E-state index contributed by atoms with van der Waals surface area (Å²) in [7, 11) is -2.92. The number of hydrogen-bond acceptors (Lipinski definition) is 5. The summed E-state index contributed by atoms with van der Waals surface area (Å²) in [5, 5.41) is 3.02. The third-order valence-electron chi connectivity index (χ3n) is 5.23. The first-order valence-corrected chi connectivity index (χ1v) is 11.3. The minimum atomic E-state index is -2.92. The molecule has 2 atom stereocenters. The van der Waals surface area contributed by atoms with Crippen LogP contribution in [0.2, 0.25) is 0 Å². The first-order valence-electron chi connectivity index (χ1n) is 9.28. The lowest BCUT2D eigenvalue weighted by Gasteiger charge is -2.31. The molecule has 7 heteroatoms. The van der Waals surface area contributed by atoms with E-state index in [9.17, 15) is 13.2 Å². The van der Waals surface area contributed by atoms with E-state index in [1.807, 2.05) is 12.1 Å². The van der Waals surface area contributed by atoms with Gasteiger partial charge < -0.3 is 14.6 Å². The quantitative estimate of drug-likeness (QED) is 0.732. The standard InChI is InChI=1S/C19H28N2O4S/c1-14-13-17(14)18-5-3-16(25-18)4-6-19(22)20-15-7-9-21(10-8-15)11-12-26(2,23)24/h3-6,14-15,17H,7-13H2,1-2H3,(H,20,22). The molecular formula is C19H28N2O4S. The van der Waals surface area contributed by atoms with Crippen LogP contribution in [0.1, 0.15) is 43.6 Å². The van der Waals surface area contributed by atoms with E-state index in [4.69, 9.17) is 4.42 Å². The van der Waals surface area contributed by atoms with Crippen molar-refractivity contribution >= 4 is 21.8 Å². The van der Waals surface area contributed by atoms with Crippen LogP contribution in [0.5, 0.6) is 0 Å². The molecular weight excluding hydrogens is 352 g/mol. The van der Waals surface area contributed by atoms with Crippen LogP contribution in [0.15, 0.2) is 22.6 Å². The van der Waals surface area contributed by atoms with E-state index in [-0.39, 0.29) is 17.7 Å². The fourth-order valence-corrected chi connectivity index (χ4v) is 3.97. The highest BCUT2D eigenvalue weighted by Crippen LogP contribution is 2.47. The Balaban J connectivity index is 1.39. The van der Waals surface area contributed by atoms with Crippen molar-refractivity contribution in [2.24, 2.45) is 5.92 Å². The fourth-order valence-electron chi connectivity index (χ4n) is 3.38. The molecule has 1 amide bonds. The molecule has 0 spiro atoms. The van der Waals surface area contributed by atoms with Crippen LogP contribution in [0.4, 0.5) is 0 Å². The van der Waals surface area contributed by atoms with Crippen molar-refractivity contribution in [1.82, 2.24) is 10.2 Å². The predicted molar refractivity (Wildman–Crippen MR) is 102 cm³/mol. The number of hydrogen-bond donors (Lipinski definition) is 1. The van der Waals surface area contributed by atoms with Crippen molar-refractivity contribution in [3.63, 3.8) is 0 Å². The summed E-state index contributed by atoms with van der Waals surface area (Å²) in [5.74, 6) is 3.04. The third-order valence-corrected chi connectivity index (χ3v) is 6.16. The molecule has 1 N–H and O–H groups in total. The molecule has 2 heterocycles. The Morgan fingerprint density at radius 2 is 2.04 bits per heavy atom. The Kier molecular flexibility index (Phi) is 5.87. The number of carbonyl (C=O) groups is 1. The van der Waals surface area contributed by atoms with Crippen molar-refractivity contribution in [2.45, 2.75) is 38.1 Å². The molecule has 2 fully saturated rings. The average Bonchev–Trinajstić information content (AvgIpc) is 3.13. The molecule has 1 aliphatic heterocycles. The Morgan fingerprint density at radius 3 is 2.65 bits per heavy atom. The SMILES string of the molecule is CC1CC1c1ccc(C=CC(=O)NC2CCN(CCS(C)(=O)=O)CC2)o1. The third kappa shape index (κ3) is 5.71. The summed E-state index contributed by atoms with van der Waals surface area (Å²) >= 11 is 0. The van der Waals surface area contributed by atoms with Crippen LogP contribution in [0.3, 0.4) is 0 Å². The van der Waals surface area contributed by atoms with Crippen LogP contribution in [-0.4, -0.2) is 56.9 Å². The number of furan rings is 1. The minimum Gasteiger partial charge on any atom is -0.461 e. The lowest BCUT2D eigenvalue weighted by atomic mass is 10.1. The molecule has 1 aromatic rings. The summed E-state index contributed by atoms with van der Waals surface area (Å²) in [6, 6.07) is 4.05. The lowest BCUT2D eigenvalue weighted by molar-refractivity contribution is -0.117. The van der Waals surface area contributed by atoms with E-state index < -0.39 is 9.84 Å². The molecule has 2 unspecified atom stereocenters. The Morgan fingerprint density at radius 1 is 1.35 bits per heavy atom. The number of nitrogens with one attached hydrogen (secondary N) is 1. The highest BCUT2D eigenvalue weighted by Gasteiger charge is 2.36. The van der Waals surface area contributed by atoms with Gasteiger partial charge in [0.15, 0.2) is 0 Å². The Labute approximate surface area is 155 Å². The van der Waals surface area contributed by atoms with Gasteiger partial charge in [-0.05, 0) is 43.4 Å². The summed E-state index contributed by atoms with van der Waals surface area (Å²) < 4.78 is 28.2. The summed E-state index contributed by atoms with van der Waals surface area (Å²) in [6.45, 7) is 4.40. The zero-order valence-electron chi connectivity index (χ0n) is 15.5. The van der Waals surface area contributed by atoms with E-state index >= 15 is 0 Å². The van der Waals surface area contributed by atoms with Crippen molar-refractivity contribution in [3.05, 3.63) is 29.7 Å². The molecule has 1 saturated heterocycles. The van der Waals surface area contributed by atoms with E-state index in [2.05, 4.69) is 17.1 Å². The van der Waals surface area contributed by atoms with E-state index in [1.54, 1.807) is 6.08 Å². The zero-order chi connectivity index (χ0) is 18.7. The molecule has 2 aliphatic rings. The van der Waals surface area contributed by atoms with Crippen LogP contribution >= 0.6 is 0 Å². The predicted octanol–water partition coefficient (Wildman–Crippen LogP) is 2.04. The zero-order valence-corrected chi connectivity index (χ0v) is 16.3. The molecule has 6 nitrogen and oxygen atoms in total.